The molecule has 124 valence electrons. The molecule has 0 radical (unpaired) electrons. The van der Waals surface area contributed by atoms with Crippen molar-refractivity contribution in [2.75, 3.05) is 5.32 Å². The van der Waals surface area contributed by atoms with Crippen molar-refractivity contribution in [3.05, 3.63) is 65.5 Å². The van der Waals surface area contributed by atoms with Crippen LogP contribution in [0.25, 0.3) is 0 Å². The van der Waals surface area contributed by atoms with E-state index < -0.39 is 0 Å². The van der Waals surface area contributed by atoms with Gasteiger partial charge in [0.2, 0.25) is 5.95 Å². The first-order valence-electron chi connectivity index (χ1n) is 7.78. The molecule has 0 aliphatic carbocycles. The van der Waals surface area contributed by atoms with Crippen LogP contribution < -0.4 is 5.32 Å². The molecule has 0 spiro atoms. The van der Waals surface area contributed by atoms with E-state index in [0.717, 1.165) is 5.69 Å². The average molecular weight is 342 g/mol. The largest absolute Gasteiger partial charge is 0.323 e. The molecular formula is C18H19FN4S. The summed E-state index contributed by atoms with van der Waals surface area (Å²) in [5.41, 5.74) is 2.86. The zero-order valence-electron chi connectivity index (χ0n) is 13.6. The van der Waals surface area contributed by atoms with Gasteiger partial charge in [0.1, 0.15) is 5.82 Å². The number of aromatic amines is 1. The second-order valence-electron chi connectivity index (χ2n) is 5.71. The number of nitrogens with zero attached hydrogens (tertiary/aromatic N) is 2. The van der Waals surface area contributed by atoms with E-state index in [1.165, 1.54) is 23.4 Å². The van der Waals surface area contributed by atoms with Gasteiger partial charge >= 0.3 is 0 Å². The summed E-state index contributed by atoms with van der Waals surface area (Å²) in [5, 5.41) is 11.0. The molecule has 0 aliphatic rings. The van der Waals surface area contributed by atoms with Gasteiger partial charge in [-0.15, -0.1) is 5.10 Å². The van der Waals surface area contributed by atoms with Gasteiger partial charge in [0.05, 0.1) is 0 Å². The lowest BCUT2D eigenvalue weighted by molar-refractivity contribution is 0.617. The molecule has 0 amide bonds. The molecule has 0 saturated carbocycles. The van der Waals surface area contributed by atoms with E-state index in [4.69, 9.17) is 0 Å². The highest BCUT2D eigenvalue weighted by Gasteiger charge is 2.10. The lowest BCUT2D eigenvalue weighted by atomic mass is 10.0. The van der Waals surface area contributed by atoms with Crippen LogP contribution in [0, 0.1) is 5.82 Å². The van der Waals surface area contributed by atoms with E-state index in [1.807, 2.05) is 24.3 Å². The summed E-state index contributed by atoms with van der Waals surface area (Å²) >= 11 is 1.42. The number of thioether (sulfide) groups is 1. The number of H-pyrrole nitrogens is 1. The number of para-hydroxylation sites is 1. The number of anilines is 2. The van der Waals surface area contributed by atoms with Crippen LogP contribution in [-0.4, -0.2) is 15.2 Å². The average Bonchev–Trinajstić information content (AvgIpc) is 3.02. The minimum Gasteiger partial charge on any atom is -0.323 e. The molecule has 0 saturated heterocycles. The Morgan fingerprint density at radius 3 is 2.67 bits per heavy atom. The molecule has 2 N–H and O–H groups in total. The molecular weight excluding hydrogens is 323 g/mol. The fourth-order valence-corrected chi connectivity index (χ4v) is 3.15. The number of halogens is 1. The van der Waals surface area contributed by atoms with Gasteiger partial charge in [0.25, 0.3) is 0 Å². The predicted octanol–water partition coefficient (Wildman–Crippen LogP) is 5.10. The second kappa shape index (κ2) is 7.49. The quantitative estimate of drug-likeness (QED) is 0.612. The summed E-state index contributed by atoms with van der Waals surface area (Å²) in [6, 6.07) is 14.9. The summed E-state index contributed by atoms with van der Waals surface area (Å²) in [6.45, 7) is 4.29. The lowest BCUT2D eigenvalue weighted by Crippen LogP contribution is -1.98. The minimum atomic E-state index is -0.200. The van der Waals surface area contributed by atoms with Gasteiger partial charge in [0, 0.05) is 11.4 Å². The third-order valence-electron chi connectivity index (χ3n) is 3.62. The number of nitrogens with one attached hydrogen (secondary N) is 2. The van der Waals surface area contributed by atoms with Gasteiger partial charge in [-0.1, -0.05) is 62.0 Å². The van der Waals surface area contributed by atoms with E-state index in [2.05, 4.69) is 40.4 Å². The fourth-order valence-electron chi connectivity index (χ4n) is 2.36. The summed E-state index contributed by atoms with van der Waals surface area (Å²) in [5.74, 6) is 1.22. The SMILES string of the molecule is CC(C)c1ccccc1Nc1n[nH]c(SCc2ccccc2F)n1. The maximum atomic E-state index is 13.6. The van der Waals surface area contributed by atoms with Crippen molar-refractivity contribution in [3.8, 4) is 0 Å². The Labute approximate surface area is 144 Å². The summed E-state index contributed by atoms with van der Waals surface area (Å²) in [4.78, 5) is 4.41. The van der Waals surface area contributed by atoms with Crippen LogP contribution in [-0.2, 0) is 5.75 Å². The fraction of sp³-hybridized carbons (Fsp3) is 0.222. The first kappa shape index (κ1) is 16.5. The van der Waals surface area contributed by atoms with Crippen molar-refractivity contribution >= 4 is 23.4 Å². The smallest absolute Gasteiger partial charge is 0.247 e. The first-order chi connectivity index (χ1) is 11.6. The Hall–Kier alpha value is -2.34. The Bertz CT molecular complexity index is 816. The van der Waals surface area contributed by atoms with Crippen LogP contribution in [0.2, 0.25) is 0 Å². The van der Waals surface area contributed by atoms with Crippen LogP contribution in [0.5, 0.6) is 0 Å². The van der Waals surface area contributed by atoms with Crippen LogP contribution in [0.4, 0.5) is 16.0 Å². The number of rotatable bonds is 6. The number of hydrogen-bond acceptors (Lipinski definition) is 4. The number of aromatic nitrogens is 3. The second-order valence-corrected chi connectivity index (χ2v) is 6.68. The van der Waals surface area contributed by atoms with Crippen molar-refractivity contribution in [2.45, 2.75) is 30.7 Å². The topological polar surface area (TPSA) is 53.6 Å². The number of benzene rings is 2. The van der Waals surface area contributed by atoms with E-state index in [1.54, 1.807) is 12.1 Å². The Kier molecular flexibility index (Phi) is 5.15. The van der Waals surface area contributed by atoms with Crippen molar-refractivity contribution in [3.63, 3.8) is 0 Å². The molecule has 1 heterocycles. The zero-order valence-corrected chi connectivity index (χ0v) is 14.4. The number of hydrogen-bond donors (Lipinski definition) is 2. The molecule has 0 atom stereocenters. The van der Waals surface area contributed by atoms with Crippen LogP contribution in [0.1, 0.15) is 30.9 Å². The van der Waals surface area contributed by atoms with E-state index in [0.29, 0.717) is 28.3 Å². The van der Waals surface area contributed by atoms with Crippen LogP contribution >= 0.6 is 11.8 Å². The first-order valence-corrected chi connectivity index (χ1v) is 8.76. The molecule has 0 bridgehead atoms. The monoisotopic (exact) mass is 342 g/mol. The highest BCUT2D eigenvalue weighted by molar-refractivity contribution is 7.98. The van der Waals surface area contributed by atoms with E-state index in [9.17, 15) is 4.39 Å². The van der Waals surface area contributed by atoms with Crippen molar-refractivity contribution in [1.82, 2.24) is 15.2 Å². The molecule has 0 aliphatic heterocycles. The highest BCUT2D eigenvalue weighted by Crippen LogP contribution is 2.27. The minimum absolute atomic E-state index is 0.200. The van der Waals surface area contributed by atoms with Crippen molar-refractivity contribution in [2.24, 2.45) is 0 Å². The molecule has 4 nitrogen and oxygen atoms in total. The molecule has 1 aromatic heterocycles. The Morgan fingerprint density at radius 2 is 1.88 bits per heavy atom. The Balaban J connectivity index is 1.67. The maximum absolute atomic E-state index is 13.6. The van der Waals surface area contributed by atoms with Gasteiger partial charge in [0.15, 0.2) is 5.16 Å². The van der Waals surface area contributed by atoms with Crippen molar-refractivity contribution < 1.29 is 4.39 Å². The third kappa shape index (κ3) is 3.94. The van der Waals surface area contributed by atoms with E-state index in [-0.39, 0.29) is 5.82 Å². The standard InChI is InChI=1S/C18H19FN4S/c1-12(2)14-8-4-6-10-16(14)20-17-21-18(23-22-17)24-11-13-7-3-5-9-15(13)19/h3-10,12H,11H2,1-2H3,(H2,20,21,22,23). The summed E-state index contributed by atoms with van der Waals surface area (Å²) < 4.78 is 13.6. The molecule has 3 rings (SSSR count). The molecule has 0 fully saturated rings. The van der Waals surface area contributed by atoms with Crippen molar-refractivity contribution in [1.29, 1.82) is 0 Å². The van der Waals surface area contributed by atoms with Gasteiger partial charge in [-0.25, -0.2) is 4.39 Å². The Morgan fingerprint density at radius 1 is 1.12 bits per heavy atom. The third-order valence-corrected chi connectivity index (χ3v) is 4.53. The van der Waals surface area contributed by atoms with Crippen LogP contribution in [0.15, 0.2) is 53.7 Å². The predicted molar refractivity (Wildman–Crippen MR) is 96.2 cm³/mol. The van der Waals surface area contributed by atoms with Gasteiger partial charge in [-0.2, -0.15) is 4.98 Å². The lowest BCUT2D eigenvalue weighted by Gasteiger charge is -2.12. The normalized spacial score (nSPS) is 11.0. The zero-order chi connectivity index (χ0) is 16.9. The van der Waals surface area contributed by atoms with Gasteiger partial charge in [-0.3, -0.25) is 5.10 Å². The van der Waals surface area contributed by atoms with Gasteiger partial charge in [-0.05, 0) is 29.2 Å². The molecule has 2 aromatic carbocycles. The summed E-state index contributed by atoms with van der Waals surface area (Å²) in [6.07, 6.45) is 0. The molecule has 3 aromatic rings. The molecule has 6 heteroatoms. The van der Waals surface area contributed by atoms with E-state index >= 15 is 0 Å². The van der Waals surface area contributed by atoms with Gasteiger partial charge < -0.3 is 5.32 Å². The maximum Gasteiger partial charge on any atom is 0.247 e. The summed E-state index contributed by atoms with van der Waals surface area (Å²) in [7, 11) is 0. The van der Waals surface area contributed by atoms with Crippen LogP contribution in [0.3, 0.4) is 0 Å². The highest BCUT2D eigenvalue weighted by atomic mass is 32.2. The molecule has 24 heavy (non-hydrogen) atoms. The molecule has 0 unspecified atom stereocenters.